The minimum atomic E-state index is -0.421. The summed E-state index contributed by atoms with van der Waals surface area (Å²) in [7, 11) is 0. The lowest BCUT2D eigenvalue weighted by molar-refractivity contribution is 0.317. The maximum Gasteiger partial charge on any atom is 0.140 e. The van der Waals surface area contributed by atoms with Crippen LogP contribution < -0.4 is 10.1 Å². The first-order chi connectivity index (χ1) is 11.3. The molecule has 0 aliphatic heterocycles. The average molecular weight is 306 g/mol. The predicted octanol–water partition coefficient (Wildman–Crippen LogP) is 4.03. The Labute approximate surface area is 134 Å². The van der Waals surface area contributed by atoms with Crippen LogP contribution >= 0.6 is 0 Å². The van der Waals surface area contributed by atoms with E-state index in [-0.39, 0.29) is 0 Å². The molecule has 0 aliphatic carbocycles. The standard InChI is InChI=1S/C18H18N4O/c1-2-9-23-15-6-3-13(4-7-15)18(11-19)22-14-5-8-16-17(10-14)21-12-20-16/h3-8,10,12,18,22H,2,9H2,1H3,(H,20,21). The lowest BCUT2D eigenvalue weighted by Gasteiger charge is -2.14. The van der Waals surface area contributed by atoms with Gasteiger partial charge in [-0.1, -0.05) is 19.1 Å². The van der Waals surface area contributed by atoms with Crippen LogP contribution in [0.2, 0.25) is 0 Å². The number of nitriles is 1. The molecule has 1 atom stereocenters. The Balaban J connectivity index is 1.75. The molecule has 1 heterocycles. The molecule has 0 spiro atoms. The quantitative estimate of drug-likeness (QED) is 0.721. The van der Waals surface area contributed by atoms with Gasteiger partial charge >= 0.3 is 0 Å². The van der Waals surface area contributed by atoms with Crippen molar-refractivity contribution in [2.24, 2.45) is 0 Å². The molecule has 0 saturated heterocycles. The Morgan fingerprint density at radius 2 is 2.09 bits per heavy atom. The second kappa shape index (κ2) is 6.84. The Morgan fingerprint density at radius 3 is 2.83 bits per heavy atom. The molecule has 0 saturated carbocycles. The number of benzene rings is 2. The smallest absolute Gasteiger partial charge is 0.140 e. The van der Waals surface area contributed by atoms with Gasteiger partial charge in [0.05, 0.1) is 30.0 Å². The monoisotopic (exact) mass is 306 g/mol. The van der Waals surface area contributed by atoms with Crippen molar-refractivity contribution < 1.29 is 4.74 Å². The molecule has 5 nitrogen and oxygen atoms in total. The van der Waals surface area contributed by atoms with E-state index in [0.29, 0.717) is 6.61 Å². The van der Waals surface area contributed by atoms with Crippen molar-refractivity contribution in [2.45, 2.75) is 19.4 Å². The molecule has 3 aromatic rings. The Bertz CT molecular complexity index is 817. The van der Waals surface area contributed by atoms with Crippen molar-refractivity contribution >= 4 is 16.7 Å². The molecule has 0 amide bonds. The molecule has 0 aliphatic rings. The molecule has 23 heavy (non-hydrogen) atoms. The molecule has 5 heteroatoms. The number of hydrogen-bond acceptors (Lipinski definition) is 4. The van der Waals surface area contributed by atoms with Gasteiger partial charge in [0.1, 0.15) is 11.8 Å². The molecule has 1 unspecified atom stereocenters. The highest BCUT2D eigenvalue weighted by Crippen LogP contribution is 2.23. The number of aromatic amines is 1. The highest BCUT2D eigenvalue weighted by atomic mass is 16.5. The third kappa shape index (κ3) is 3.43. The number of nitrogens with zero attached hydrogens (tertiary/aromatic N) is 2. The van der Waals surface area contributed by atoms with Crippen LogP contribution in [0.4, 0.5) is 5.69 Å². The molecular weight excluding hydrogens is 288 g/mol. The van der Waals surface area contributed by atoms with Crippen LogP contribution in [0, 0.1) is 11.3 Å². The molecule has 2 aromatic carbocycles. The van der Waals surface area contributed by atoms with Crippen LogP contribution in [-0.4, -0.2) is 16.6 Å². The van der Waals surface area contributed by atoms with E-state index in [4.69, 9.17) is 4.74 Å². The number of rotatable bonds is 6. The average Bonchev–Trinajstić information content (AvgIpc) is 3.06. The first-order valence-corrected chi connectivity index (χ1v) is 7.62. The van der Waals surface area contributed by atoms with E-state index in [1.165, 1.54) is 0 Å². The maximum absolute atomic E-state index is 9.46. The summed E-state index contributed by atoms with van der Waals surface area (Å²) < 4.78 is 5.57. The van der Waals surface area contributed by atoms with E-state index in [1.54, 1.807) is 6.33 Å². The lowest BCUT2D eigenvalue weighted by Crippen LogP contribution is -2.08. The van der Waals surface area contributed by atoms with E-state index in [2.05, 4.69) is 28.3 Å². The summed E-state index contributed by atoms with van der Waals surface area (Å²) in [6.45, 7) is 2.77. The SMILES string of the molecule is CCCOc1ccc(C(C#N)Nc2ccc3nc[nH]c3c2)cc1. The lowest BCUT2D eigenvalue weighted by atomic mass is 10.1. The maximum atomic E-state index is 9.46. The van der Waals surface area contributed by atoms with Gasteiger partial charge in [-0.25, -0.2) is 4.98 Å². The van der Waals surface area contributed by atoms with Gasteiger partial charge < -0.3 is 15.0 Å². The van der Waals surface area contributed by atoms with Crippen molar-refractivity contribution in [3.05, 3.63) is 54.4 Å². The summed E-state index contributed by atoms with van der Waals surface area (Å²) in [5.41, 5.74) is 3.62. The number of ether oxygens (including phenoxy) is 1. The van der Waals surface area contributed by atoms with Crippen LogP contribution in [0.25, 0.3) is 11.0 Å². The van der Waals surface area contributed by atoms with Gasteiger partial charge in [0.2, 0.25) is 0 Å². The van der Waals surface area contributed by atoms with Gasteiger partial charge in [-0.05, 0) is 42.3 Å². The fraction of sp³-hybridized carbons (Fsp3) is 0.222. The third-order valence-corrected chi connectivity index (χ3v) is 3.55. The topological polar surface area (TPSA) is 73.7 Å². The first kappa shape index (κ1) is 14.9. The van der Waals surface area contributed by atoms with E-state index in [9.17, 15) is 5.26 Å². The highest BCUT2D eigenvalue weighted by molar-refractivity contribution is 5.78. The molecule has 0 bridgehead atoms. The summed E-state index contributed by atoms with van der Waals surface area (Å²) in [6.07, 6.45) is 2.63. The number of imidazole rings is 1. The number of H-pyrrole nitrogens is 1. The zero-order valence-corrected chi connectivity index (χ0v) is 12.9. The van der Waals surface area contributed by atoms with Crippen molar-refractivity contribution in [1.29, 1.82) is 5.26 Å². The molecule has 116 valence electrons. The highest BCUT2D eigenvalue weighted by Gasteiger charge is 2.11. The van der Waals surface area contributed by atoms with Gasteiger partial charge in [0.15, 0.2) is 0 Å². The summed E-state index contributed by atoms with van der Waals surface area (Å²) in [5.74, 6) is 0.825. The van der Waals surface area contributed by atoms with Gasteiger partial charge in [-0.3, -0.25) is 0 Å². The van der Waals surface area contributed by atoms with E-state index >= 15 is 0 Å². The molecule has 3 rings (SSSR count). The number of aromatic nitrogens is 2. The van der Waals surface area contributed by atoms with Gasteiger partial charge in [0.25, 0.3) is 0 Å². The number of fused-ring (bicyclic) bond motifs is 1. The number of hydrogen-bond donors (Lipinski definition) is 2. The fourth-order valence-electron chi connectivity index (χ4n) is 2.36. The minimum absolute atomic E-state index is 0.421. The zero-order chi connectivity index (χ0) is 16.1. The summed E-state index contributed by atoms with van der Waals surface area (Å²) in [5, 5.41) is 12.7. The normalized spacial score (nSPS) is 11.8. The van der Waals surface area contributed by atoms with Gasteiger partial charge in [-0.2, -0.15) is 5.26 Å². The molecule has 0 radical (unpaired) electrons. The summed E-state index contributed by atoms with van der Waals surface area (Å²) >= 11 is 0. The van der Waals surface area contributed by atoms with Gasteiger partial charge in [0, 0.05) is 5.69 Å². The van der Waals surface area contributed by atoms with E-state index in [1.807, 2.05) is 42.5 Å². The molecule has 0 fully saturated rings. The largest absolute Gasteiger partial charge is 0.494 e. The Kier molecular flexibility index (Phi) is 4.44. The first-order valence-electron chi connectivity index (χ1n) is 7.62. The second-order valence-corrected chi connectivity index (χ2v) is 5.26. The van der Waals surface area contributed by atoms with Crippen LogP contribution in [-0.2, 0) is 0 Å². The van der Waals surface area contributed by atoms with Crippen LogP contribution in [0.15, 0.2) is 48.8 Å². The van der Waals surface area contributed by atoms with Crippen LogP contribution in [0.5, 0.6) is 5.75 Å². The van der Waals surface area contributed by atoms with E-state index in [0.717, 1.165) is 34.5 Å². The van der Waals surface area contributed by atoms with Crippen molar-refractivity contribution in [2.75, 3.05) is 11.9 Å². The predicted molar refractivity (Wildman–Crippen MR) is 90.3 cm³/mol. The Morgan fingerprint density at radius 1 is 1.26 bits per heavy atom. The van der Waals surface area contributed by atoms with Crippen molar-refractivity contribution in [3.63, 3.8) is 0 Å². The number of anilines is 1. The minimum Gasteiger partial charge on any atom is -0.494 e. The third-order valence-electron chi connectivity index (χ3n) is 3.55. The Hall–Kier alpha value is -3.00. The van der Waals surface area contributed by atoms with Crippen LogP contribution in [0.1, 0.15) is 24.9 Å². The molecular formula is C18H18N4O. The second-order valence-electron chi connectivity index (χ2n) is 5.26. The molecule has 2 N–H and O–H groups in total. The zero-order valence-electron chi connectivity index (χ0n) is 12.9. The summed E-state index contributed by atoms with van der Waals surface area (Å²) in [4.78, 5) is 7.26. The van der Waals surface area contributed by atoms with E-state index < -0.39 is 6.04 Å². The van der Waals surface area contributed by atoms with Crippen molar-refractivity contribution in [1.82, 2.24) is 9.97 Å². The van der Waals surface area contributed by atoms with Crippen LogP contribution in [0.3, 0.4) is 0 Å². The number of nitrogens with one attached hydrogen (secondary N) is 2. The van der Waals surface area contributed by atoms with Gasteiger partial charge in [-0.15, -0.1) is 0 Å². The molecule has 1 aromatic heterocycles. The van der Waals surface area contributed by atoms with Crippen molar-refractivity contribution in [3.8, 4) is 11.8 Å². The summed E-state index contributed by atoms with van der Waals surface area (Å²) in [6, 6.07) is 15.3. The fourth-order valence-corrected chi connectivity index (χ4v) is 2.36.